The molecule has 0 saturated carbocycles. The first kappa shape index (κ1) is 5.65. The van der Waals surface area contributed by atoms with Crippen LogP contribution in [-0.4, -0.2) is 9.10 Å². The normalized spacial score (nSPS) is 11.8. The zero-order valence-electron chi connectivity index (χ0n) is 3.36. The molecule has 0 fully saturated rings. The SMILES string of the molecule is C[C](C)(O)[Mo]. The van der Waals surface area contributed by atoms with Gasteiger partial charge in [-0.3, -0.25) is 0 Å². The molecule has 0 unspecified atom stereocenters. The van der Waals surface area contributed by atoms with Crippen LogP contribution in [0.25, 0.3) is 0 Å². The summed E-state index contributed by atoms with van der Waals surface area (Å²) < 4.78 is -0.490. The van der Waals surface area contributed by atoms with Crippen molar-refractivity contribution >= 4 is 0 Å². The van der Waals surface area contributed by atoms with E-state index in [2.05, 4.69) is 0 Å². The molecule has 0 saturated heterocycles. The Morgan fingerprint density at radius 1 is 1.60 bits per heavy atom. The summed E-state index contributed by atoms with van der Waals surface area (Å²) in [6.45, 7) is 3.50. The van der Waals surface area contributed by atoms with Crippen LogP contribution in [0.3, 0.4) is 0 Å². The van der Waals surface area contributed by atoms with E-state index in [1.165, 1.54) is 0 Å². The van der Waals surface area contributed by atoms with Gasteiger partial charge in [-0.1, -0.05) is 0 Å². The molecule has 2 heteroatoms. The predicted molar refractivity (Wildman–Crippen MR) is 16.3 cm³/mol. The molecule has 0 radical (unpaired) electrons. The quantitative estimate of drug-likeness (QED) is 0.497. The summed E-state index contributed by atoms with van der Waals surface area (Å²) in [7, 11) is 0. The van der Waals surface area contributed by atoms with E-state index in [1.807, 2.05) is 0 Å². The second-order valence-electron chi connectivity index (χ2n) is 1.45. The van der Waals surface area contributed by atoms with Gasteiger partial charge in [-0.2, -0.15) is 0 Å². The van der Waals surface area contributed by atoms with Crippen molar-refractivity contribution in [1.82, 2.24) is 0 Å². The molecule has 0 aliphatic carbocycles. The Kier molecular flexibility index (Phi) is 1.58. The van der Waals surface area contributed by atoms with Crippen LogP contribution in [0.15, 0.2) is 0 Å². The Labute approximate surface area is 43.3 Å². The standard InChI is InChI=1S/C3H7O.Mo/c1-3(2)4;/h4H,1-2H3;. The first-order chi connectivity index (χ1) is 2.00. The maximum atomic E-state index is 8.53. The topological polar surface area (TPSA) is 20.2 Å². The third kappa shape index (κ3) is 77.6. The second-order valence-corrected chi connectivity index (χ2v) is 3.90. The second kappa shape index (κ2) is 1.40. The Morgan fingerprint density at radius 2 is 1.60 bits per heavy atom. The molecule has 0 amide bonds. The number of rotatable bonds is 0. The van der Waals surface area contributed by atoms with Crippen molar-refractivity contribution in [1.29, 1.82) is 0 Å². The van der Waals surface area contributed by atoms with E-state index in [4.69, 9.17) is 5.11 Å². The molecule has 0 atom stereocenters. The van der Waals surface area contributed by atoms with Gasteiger partial charge >= 0.3 is 42.8 Å². The Hall–Kier alpha value is 0.648. The van der Waals surface area contributed by atoms with Crippen molar-refractivity contribution in [2.75, 3.05) is 0 Å². The Balaban J connectivity index is 3.02. The van der Waals surface area contributed by atoms with E-state index in [-0.39, 0.29) is 0 Å². The molecule has 0 aromatic rings. The van der Waals surface area contributed by atoms with Gasteiger partial charge in [0.2, 0.25) is 0 Å². The molecule has 1 N–H and O–H groups in total. The third-order valence-electron chi connectivity index (χ3n) is 0. The van der Waals surface area contributed by atoms with Gasteiger partial charge in [0.15, 0.2) is 0 Å². The summed E-state index contributed by atoms with van der Waals surface area (Å²) >= 11 is 1.68. The molecule has 0 rings (SSSR count). The van der Waals surface area contributed by atoms with Crippen molar-refractivity contribution in [2.45, 2.75) is 17.8 Å². The molecule has 0 aromatic heterocycles. The van der Waals surface area contributed by atoms with Crippen molar-refractivity contribution < 1.29 is 24.9 Å². The van der Waals surface area contributed by atoms with E-state index >= 15 is 0 Å². The van der Waals surface area contributed by atoms with Crippen molar-refractivity contribution in [2.24, 2.45) is 0 Å². The summed E-state index contributed by atoms with van der Waals surface area (Å²) in [6, 6.07) is 0. The molecule has 0 aromatic carbocycles. The summed E-state index contributed by atoms with van der Waals surface area (Å²) in [5, 5.41) is 8.53. The van der Waals surface area contributed by atoms with Gasteiger partial charge in [0, 0.05) is 0 Å². The van der Waals surface area contributed by atoms with Gasteiger partial charge in [-0.15, -0.1) is 0 Å². The predicted octanol–water partition coefficient (Wildman–Crippen LogP) is 0.262. The Bertz CT molecular complexity index is 22.4. The van der Waals surface area contributed by atoms with E-state index in [0.717, 1.165) is 0 Å². The fraction of sp³-hybridized carbons (Fsp3) is 1.00. The average Bonchev–Trinajstić information content (AvgIpc) is 0.722. The zero-order valence-corrected chi connectivity index (χ0v) is 5.36. The van der Waals surface area contributed by atoms with Crippen LogP contribution in [0, 0.1) is 0 Å². The molecule has 0 aliphatic heterocycles. The summed E-state index contributed by atoms with van der Waals surface area (Å²) in [4.78, 5) is 0. The van der Waals surface area contributed by atoms with E-state index in [9.17, 15) is 0 Å². The summed E-state index contributed by atoms with van der Waals surface area (Å²) in [6.07, 6.45) is 0. The van der Waals surface area contributed by atoms with Gasteiger partial charge in [-0.05, 0) is 0 Å². The average molecular weight is 155 g/mol. The van der Waals surface area contributed by atoms with Gasteiger partial charge in [0.1, 0.15) is 0 Å². The first-order valence-electron chi connectivity index (χ1n) is 1.43. The molecule has 1 nitrogen and oxygen atoms in total. The Morgan fingerprint density at radius 3 is 1.60 bits per heavy atom. The molecule has 0 aliphatic rings. The van der Waals surface area contributed by atoms with Crippen LogP contribution in [0.1, 0.15) is 13.8 Å². The van der Waals surface area contributed by atoms with Crippen LogP contribution in [0.2, 0.25) is 0 Å². The van der Waals surface area contributed by atoms with Crippen molar-refractivity contribution in [3.63, 3.8) is 0 Å². The van der Waals surface area contributed by atoms with Gasteiger partial charge in [0.05, 0.1) is 0 Å². The monoisotopic (exact) mass is 157 g/mol. The zero-order chi connectivity index (χ0) is 4.50. The molecule has 0 heterocycles. The molecular weight excluding hydrogens is 148 g/mol. The summed E-state index contributed by atoms with van der Waals surface area (Å²) in [5.74, 6) is 0. The van der Waals surface area contributed by atoms with Crippen molar-refractivity contribution in [3.05, 3.63) is 0 Å². The first-order valence-corrected chi connectivity index (χ1v) is 2.43. The fourth-order valence-corrected chi connectivity index (χ4v) is 0. The van der Waals surface area contributed by atoms with E-state index in [0.29, 0.717) is 0 Å². The number of hydrogen-bond acceptors (Lipinski definition) is 1. The van der Waals surface area contributed by atoms with E-state index < -0.39 is 3.99 Å². The fourth-order valence-electron chi connectivity index (χ4n) is 0. The number of aliphatic hydroxyl groups is 1. The maximum absolute atomic E-state index is 8.53. The third-order valence-corrected chi connectivity index (χ3v) is 0. The van der Waals surface area contributed by atoms with Crippen molar-refractivity contribution in [3.8, 4) is 0 Å². The van der Waals surface area contributed by atoms with Crippen LogP contribution in [0.4, 0.5) is 0 Å². The van der Waals surface area contributed by atoms with Gasteiger partial charge in [0.25, 0.3) is 0 Å². The van der Waals surface area contributed by atoms with Gasteiger partial charge < -0.3 is 0 Å². The molecule has 31 valence electrons. The number of hydrogen-bond donors (Lipinski definition) is 1. The van der Waals surface area contributed by atoms with Crippen LogP contribution in [-0.2, 0) is 19.8 Å². The van der Waals surface area contributed by atoms with Crippen LogP contribution in [0.5, 0.6) is 0 Å². The minimum atomic E-state index is -0.490. The molecule has 0 spiro atoms. The van der Waals surface area contributed by atoms with Crippen LogP contribution < -0.4 is 0 Å². The van der Waals surface area contributed by atoms with E-state index in [1.54, 1.807) is 33.7 Å². The molecule has 5 heavy (non-hydrogen) atoms. The minimum absolute atomic E-state index is 0.490. The summed E-state index contributed by atoms with van der Waals surface area (Å²) in [5.41, 5.74) is 0. The van der Waals surface area contributed by atoms with Gasteiger partial charge in [-0.25, -0.2) is 0 Å². The molecular formula is C3H7MoO. The van der Waals surface area contributed by atoms with Crippen LogP contribution >= 0.6 is 0 Å². The molecule has 0 bridgehead atoms.